The average Bonchev–Trinajstić information content (AvgIpc) is 3.33. The van der Waals surface area contributed by atoms with Crippen molar-refractivity contribution >= 4 is 23.2 Å². The average molecular weight is 446 g/mol. The molecule has 1 aliphatic heterocycles. The molecule has 32 heavy (non-hydrogen) atoms. The van der Waals surface area contributed by atoms with Crippen molar-refractivity contribution in [3.05, 3.63) is 95.3 Å². The van der Waals surface area contributed by atoms with Gasteiger partial charge in [0.2, 0.25) is 0 Å². The monoisotopic (exact) mass is 445 g/mol. The van der Waals surface area contributed by atoms with E-state index in [-0.39, 0.29) is 5.91 Å². The minimum atomic E-state index is -0.250. The first-order valence-electron chi connectivity index (χ1n) is 10.2. The second-order valence-electron chi connectivity index (χ2n) is 7.38. The number of hydrogen-bond donors (Lipinski definition) is 1. The van der Waals surface area contributed by atoms with Crippen LogP contribution >= 0.6 is 11.6 Å². The Morgan fingerprint density at radius 2 is 1.75 bits per heavy atom. The number of rotatable bonds is 5. The zero-order valence-corrected chi connectivity index (χ0v) is 17.9. The molecule has 1 amide bonds. The van der Waals surface area contributed by atoms with Gasteiger partial charge < -0.3 is 14.8 Å². The van der Waals surface area contributed by atoms with Crippen molar-refractivity contribution in [1.29, 1.82) is 0 Å². The molecular weight excluding hydrogens is 426 g/mol. The predicted molar refractivity (Wildman–Crippen MR) is 124 cm³/mol. The highest BCUT2D eigenvalue weighted by molar-refractivity contribution is 6.34. The van der Waals surface area contributed by atoms with Gasteiger partial charge in [-0.25, -0.2) is 0 Å². The summed E-state index contributed by atoms with van der Waals surface area (Å²) in [6, 6.07) is 20.9. The van der Waals surface area contributed by atoms with E-state index in [2.05, 4.69) is 10.4 Å². The van der Waals surface area contributed by atoms with Crippen LogP contribution in [-0.2, 0) is 6.54 Å². The van der Waals surface area contributed by atoms with Crippen molar-refractivity contribution in [2.75, 3.05) is 18.5 Å². The molecule has 0 atom stereocenters. The SMILES string of the molecule is O=C(Nc1cc2c(cc1Cl)OCCO2)c1ccccc1-c1ccc(Cn2cccn2)cc1. The number of hydrogen-bond acceptors (Lipinski definition) is 4. The molecule has 1 N–H and O–H groups in total. The van der Waals surface area contributed by atoms with Gasteiger partial charge in [-0.1, -0.05) is 54.1 Å². The Morgan fingerprint density at radius 3 is 2.50 bits per heavy atom. The van der Waals surface area contributed by atoms with Gasteiger partial charge in [-0.2, -0.15) is 5.10 Å². The van der Waals surface area contributed by atoms with Gasteiger partial charge in [0.1, 0.15) is 13.2 Å². The summed E-state index contributed by atoms with van der Waals surface area (Å²) < 4.78 is 13.0. The van der Waals surface area contributed by atoms with Crippen LogP contribution in [0.15, 0.2) is 79.1 Å². The van der Waals surface area contributed by atoms with Crippen LogP contribution in [-0.4, -0.2) is 28.9 Å². The smallest absolute Gasteiger partial charge is 0.256 e. The maximum Gasteiger partial charge on any atom is 0.256 e. The molecule has 2 heterocycles. The maximum absolute atomic E-state index is 13.2. The molecular formula is C25H20ClN3O3. The lowest BCUT2D eigenvalue weighted by Crippen LogP contribution is -2.17. The number of benzene rings is 3. The normalized spacial score (nSPS) is 12.4. The van der Waals surface area contributed by atoms with Gasteiger partial charge in [-0.15, -0.1) is 0 Å². The van der Waals surface area contributed by atoms with E-state index in [1.807, 2.05) is 59.4 Å². The number of carbonyl (C=O) groups excluding carboxylic acids is 1. The first-order valence-corrected chi connectivity index (χ1v) is 10.6. The second kappa shape index (κ2) is 8.77. The summed E-state index contributed by atoms with van der Waals surface area (Å²) in [4.78, 5) is 13.2. The van der Waals surface area contributed by atoms with Gasteiger partial charge in [0.15, 0.2) is 11.5 Å². The van der Waals surface area contributed by atoms with Gasteiger partial charge in [0.05, 0.1) is 17.3 Å². The standard InChI is InChI=1S/C25H20ClN3O3/c26-21-14-23-24(32-13-12-31-23)15-22(21)28-25(30)20-5-2-1-4-19(20)18-8-6-17(7-9-18)16-29-11-3-10-27-29/h1-11,14-15H,12-13,16H2,(H,28,30). The fraction of sp³-hybridized carbons (Fsp3) is 0.120. The van der Waals surface area contributed by atoms with Crippen molar-refractivity contribution in [2.24, 2.45) is 0 Å². The van der Waals surface area contributed by atoms with E-state index in [1.54, 1.807) is 24.4 Å². The van der Waals surface area contributed by atoms with Crippen molar-refractivity contribution < 1.29 is 14.3 Å². The van der Waals surface area contributed by atoms with Crippen molar-refractivity contribution in [3.63, 3.8) is 0 Å². The summed E-state index contributed by atoms with van der Waals surface area (Å²) in [7, 11) is 0. The van der Waals surface area contributed by atoms with Gasteiger partial charge in [-0.3, -0.25) is 9.48 Å². The Kier molecular flexibility index (Phi) is 5.52. The molecule has 0 unspecified atom stereocenters. The van der Waals surface area contributed by atoms with E-state index in [0.717, 1.165) is 16.7 Å². The molecule has 0 saturated carbocycles. The van der Waals surface area contributed by atoms with Crippen LogP contribution < -0.4 is 14.8 Å². The van der Waals surface area contributed by atoms with Gasteiger partial charge in [-0.05, 0) is 28.8 Å². The first-order chi connectivity index (χ1) is 15.7. The number of amides is 1. The van der Waals surface area contributed by atoms with Gasteiger partial charge in [0.25, 0.3) is 5.91 Å². The quantitative estimate of drug-likeness (QED) is 0.454. The van der Waals surface area contributed by atoms with Gasteiger partial charge in [0, 0.05) is 30.1 Å². The second-order valence-corrected chi connectivity index (χ2v) is 7.78. The minimum absolute atomic E-state index is 0.250. The molecule has 1 aliphatic rings. The molecule has 0 aliphatic carbocycles. The molecule has 7 heteroatoms. The number of nitrogens with zero attached hydrogens (tertiary/aromatic N) is 2. The van der Waals surface area contributed by atoms with E-state index in [4.69, 9.17) is 21.1 Å². The molecule has 160 valence electrons. The zero-order valence-electron chi connectivity index (χ0n) is 17.1. The highest BCUT2D eigenvalue weighted by Gasteiger charge is 2.18. The van der Waals surface area contributed by atoms with Crippen molar-refractivity contribution in [1.82, 2.24) is 9.78 Å². The highest BCUT2D eigenvalue weighted by Crippen LogP contribution is 2.38. The van der Waals surface area contributed by atoms with Crippen LogP contribution in [0.1, 0.15) is 15.9 Å². The van der Waals surface area contributed by atoms with Crippen LogP contribution in [0.2, 0.25) is 5.02 Å². The largest absolute Gasteiger partial charge is 0.486 e. The Morgan fingerprint density at radius 1 is 1.00 bits per heavy atom. The maximum atomic E-state index is 13.2. The van der Waals surface area contributed by atoms with E-state index in [1.165, 1.54) is 0 Å². The molecule has 0 saturated heterocycles. The van der Waals surface area contributed by atoms with Gasteiger partial charge >= 0.3 is 0 Å². The Balaban J connectivity index is 1.39. The summed E-state index contributed by atoms with van der Waals surface area (Å²) in [5.41, 5.74) is 3.95. The molecule has 0 fully saturated rings. The molecule has 4 aromatic rings. The molecule has 0 radical (unpaired) electrons. The summed E-state index contributed by atoms with van der Waals surface area (Å²) in [5, 5.41) is 7.54. The third-order valence-electron chi connectivity index (χ3n) is 5.22. The summed E-state index contributed by atoms with van der Waals surface area (Å²) in [6.07, 6.45) is 3.69. The third kappa shape index (κ3) is 4.18. The van der Waals surface area contributed by atoms with E-state index < -0.39 is 0 Å². The summed E-state index contributed by atoms with van der Waals surface area (Å²) in [5.74, 6) is 0.895. The summed E-state index contributed by atoms with van der Waals surface area (Å²) in [6.45, 7) is 1.63. The first kappa shape index (κ1) is 20.2. The van der Waals surface area contributed by atoms with Crippen molar-refractivity contribution in [2.45, 2.75) is 6.54 Å². The van der Waals surface area contributed by atoms with E-state index >= 15 is 0 Å². The number of ether oxygens (including phenoxy) is 2. The topological polar surface area (TPSA) is 65.4 Å². The van der Waals surface area contributed by atoms with Crippen LogP contribution in [0, 0.1) is 0 Å². The van der Waals surface area contributed by atoms with Crippen molar-refractivity contribution in [3.8, 4) is 22.6 Å². The lowest BCUT2D eigenvalue weighted by Gasteiger charge is -2.20. The highest BCUT2D eigenvalue weighted by atomic mass is 35.5. The number of anilines is 1. The van der Waals surface area contributed by atoms with Crippen LogP contribution in [0.3, 0.4) is 0 Å². The molecule has 3 aromatic carbocycles. The molecule has 5 rings (SSSR count). The van der Waals surface area contributed by atoms with E-state index in [9.17, 15) is 4.79 Å². The number of carbonyl (C=O) groups is 1. The lowest BCUT2D eigenvalue weighted by atomic mass is 9.98. The molecule has 6 nitrogen and oxygen atoms in total. The zero-order chi connectivity index (χ0) is 21.9. The fourth-order valence-electron chi connectivity index (χ4n) is 3.65. The van der Waals surface area contributed by atoms with Crippen LogP contribution in [0.4, 0.5) is 5.69 Å². The summed E-state index contributed by atoms with van der Waals surface area (Å²) >= 11 is 6.37. The molecule has 0 bridgehead atoms. The minimum Gasteiger partial charge on any atom is -0.486 e. The number of aromatic nitrogens is 2. The van der Waals surface area contributed by atoms with Crippen LogP contribution in [0.25, 0.3) is 11.1 Å². The Bertz CT molecular complexity index is 1250. The number of nitrogens with one attached hydrogen (secondary N) is 1. The number of halogens is 1. The number of fused-ring (bicyclic) bond motifs is 1. The fourth-order valence-corrected chi connectivity index (χ4v) is 3.85. The molecule has 0 spiro atoms. The Hall–Kier alpha value is -3.77. The third-order valence-corrected chi connectivity index (χ3v) is 5.53. The van der Waals surface area contributed by atoms with E-state index in [0.29, 0.717) is 47.5 Å². The molecule has 1 aromatic heterocycles. The predicted octanol–water partition coefficient (Wildman–Crippen LogP) is 5.28. The lowest BCUT2D eigenvalue weighted by molar-refractivity contribution is 0.102. The Labute approximate surface area is 190 Å². The van der Waals surface area contributed by atoms with Crippen LogP contribution in [0.5, 0.6) is 11.5 Å².